The van der Waals surface area contributed by atoms with Crippen LogP contribution in [0, 0.1) is 5.92 Å². The molecule has 2 fully saturated rings. The molecule has 1 aromatic carbocycles. The lowest BCUT2D eigenvalue weighted by Gasteiger charge is -2.32. The summed E-state index contributed by atoms with van der Waals surface area (Å²) in [6, 6.07) is 7.87. The Hall–Kier alpha value is -1.33. The summed E-state index contributed by atoms with van der Waals surface area (Å²) >= 11 is 0. The minimum absolute atomic E-state index is 0.0740. The molecule has 1 aliphatic carbocycles. The molecule has 1 saturated heterocycles. The number of carbonyl (C=O) groups excluding carboxylic acids is 1. The van der Waals surface area contributed by atoms with Gasteiger partial charge in [0.25, 0.3) is 0 Å². The SMILES string of the molecule is CC1(C)OB(c2ccc(COC(=O)C3CC3)cc2)OC1(C)C. The lowest BCUT2D eigenvalue weighted by atomic mass is 9.79. The first-order chi connectivity index (χ1) is 10.3. The Morgan fingerprint density at radius 2 is 1.68 bits per heavy atom. The molecule has 0 bridgehead atoms. The molecule has 0 amide bonds. The second-order valence-corrected chi connectivity index (χ2v) is 7.21. The zero-order chi connectivity index (χ0) is 16.0. The minimum atomic E-state index is -0.354. The molecule has 0 spiro atoms. The van der Waals surface area contributed by atoms with E-state index in [4.69, 9.17) is 14.0 Å². The number of ether oxygens (including phenoxy) is 1. The molecule has 1 saturated carbocycles. The monoisotopic (exact) mass is 302 g/mol. The van der Waals surface area contributed by atoms with E-state index in [0.717, 1.165) is 23.9 Å². The largest absolute Gasteiger partial charge is 0.494 e. The molecule has 22 heavy (non-hydrogen) atoms. The molecule has 1 heterocycles. The van der Waals surface area contributed by atoms with Gasteiger partial charge in [-0.05, 0) is 51.6 Å². The van der Waals surface area contributed by atoms with Crippen LogP contribution in [0.1, 0.15) is 46.1 Å². The molecule has 2 aliphatic rings. The average molecular weight is 302 g/mol. The number of carbonyl (C=O) groups is 1. The second kappa shape index (κ2) is 5.39. The van der Waals surface area contributed by atoms with Gasteiger partial charge < -0.3 is 14.0 Å². The lowest BCUT2D eigenvalue weighted by molar-refractivity contribution is -0.146. The van der Waals surface area contributed by atoms with Gasteiger partial charge >= 0.3 is 13.1 Å². The summed E-state index contributed by atoms with van der Waals surface area (Å²) < 4.78 is 17.3. The average Bonchev–Trinajstić information content (AvgIpc) is 3.25. The first kappa shape index (κ1) is 15.6. The Balaban J connectivity index is 1.61. The van der Waals surface area contributed by atoms with E-state index >= 15 is 0 Å². The fourth-order valence-corrected chi connectivity index (χ4v) is 2.34. The van der Waals surface area contributed by atoms with Crippen LogP contribution in [0.3, 0.4) is 0 Å². The number of hydrogen-bond acceptors (Lipinski definition) is 4. The number of esters is 1. The first-order valence-corrected chi connectivity index (χ1v) is 7.90. The Kier molecular flexibility index (Phi) is 3.81. The van der Waals surface area contributed by atoms with Crippen LogP contribution < -0.4 is 5.46 Å². The number of rotatable bonds is 4. The summed E-state index contributed by atoms with van der Waals surface area (Å²) in [5, 5.41) is 0. The predicted molar refractivity (Wildman–Crippen MR) is 84.7 cm³/mol. The zero-order valence-electron chi connectivity index (χ0n) is 13.7. The quantitative estimate of drug-likeness (QED) is 0.633. The first-order valence-electron chi connectivity index (χ1n) is 7.90. The fourth-order valence-electron chi connectivity index (χ4n) is 2.34. The van der Waals surface area contributed by atoms with Crippen molar-refractivity contribution < 1.29 is 18.8 Å². The maximum absolute atomic E-state index is 11.5. The highest BCUT2D eigenvalue weighted by molar-refractivity contribution is 6.62. The second-order valence-electron chi connectivity index (χ2n) is 7.21. The van der Waals surface area contributed by atoms with Crippen LogP contribution in [0.2, 0.25) is 0 Å². The third-order valence-corrected chi connectivity index (χ3v) is 4.80. The van der Waals surface area contributed by atoms with E-state index in [1.165, 1.54) is 0 Å². The van der Waals surface area contributed by atoms with Crippen molar-refractivity contribution in [3.05, 3.63) is 29.8 Å². The van der Waals surface area contributed by atoms with Crippen LogP contribution in [0.5, 0.6) is 0 Å². The summed E-state index contributed by atoms with van der Waals surface area (Å²) in [5.41, 5.74) is 1.29. The van der Waals surface area contributed by atoms with Gasteiger partial charge in [-0.1, -0.05) is 24.3 Å². The molecule has 118 valence electrons. The zero-order valence-corrected chi connectivity index (χ0v) is 13.7. The highest BCUT2D eigenvalue weighted by Crippen LogP contribution is 2.36. The Morgan fingerprint density at radius 1 is 1.14 bits per heavy atom. The van der Waals surface area contributed by atoms with Gasteiger partial charge in [0.1, 0.15) is 6.61 Å². The van der Waals surface area contributed by atoms with Crippen molar-refractivity contribution in [3.8, 4) is 0 Å². The van der Waals surface area contributed by atoms with Crippen LogP contribution in [-0.2, 0) is 25.4 Å². The molecule has 0 unspecified atom stereocenters. The fraction of sp³-hybridized carbons (Fsp3) is 0.588. The predicted octanol–water partition coefficient (Wildman–Crippen LogP) is 2.44. The molecule has 1 aromatic rings. The molecule has 0 N–H and O–H groups in total. The van der Waals surface area contributed by atoms with Crippen molar-refractivity contribution in [2.24, 2.45) is 5.92 Å². The molecule has 0 aromatic heterocycles. The van der Waals surface area contributed by atoms with E-state index in [0.29, 0.717) is 6.61 Å². The van der Waals surface area contributed by atoms with Crippen molar-refractivity contribution in [2.45, 2.75) is 58.3 Å². The molecule has 1 aliphatic heterocycles. The van der Waals surface area contributed by atoms with E-state index in [1.807, 2.05) is 52.0 Å². The minimum Gasteiger partial charge on any atom is -0.461 e. The lowest BCUT2D eigenvalue weighted by Crippen LogP contribution is -2.41. The van der Waals surface area contributed by atoms with Crippen LogP contribution in [-0.4, -0.2) is 24.3 Å². The van der Waals surface area contributed by atoms with Crippen molar-refractivity contribution in [1.82, 2.24) is 0 Å². The highest BCUT2D eigenvalue weighted by Gasteiger charge is 2.51. The third kappa shape index (κ3) is 3.06. The van der Waals surface area contributed by atoms with Crippen LogP contribution in [0.25, 0.3) is 0 Å². The van der Waals surface area contributed by atoms with Gasteiger partial charge in [0.2, 0.25) is 0 Å². The van der Waals surface area contributed by atoms with Gasteiger partial charge in [0.15, 0.2) is 0 Å². The summed E-state index contributed by atoms with van der Waals surface area (Å²) in [6.45, 7) is 8.49. The third-order valence-electron chi connectivity index (χ3n) is 4.80. The molecule has 4 nitrogen and oxygen atoms in total. The van der Waals surface area contributed by atoms with Gasteiger partial charge in [0.05, 0.1) is 17.1 Å². The summed E-state index contributed by atoms with van der Waals surface area (Å²) in [7, 11) is -0.354. The van der Waals surface area contributed by atoms with Crippen LogP contribution in [0.15, 0.2) is 24.3 Å². The van der Waals surface area contributed by atoms with Gasteiger partial charge in [-0.3, -0.25) is 4.79 Å². The van der Waals surface area contributed by atoms with Crippen LogP contribution in [0.4, 0.5) is 0 Å². The van der Waals surface area contributed by atoms with E-state index in [-0.39, 0.29) is 30.2 Å². The van der Waals surface area contributed by atoms with Gasteiger partial charge in [-0.2, -0.15) is 0 Å². The smallest absolute Gasteiger partial charge is 0.461 e. The molecule has 3 rings (SSSR count). The topological polar surface area (TPSA) is 44.8 Å². The van der Waals surface area contributed by atoms with E-state index in [2.05, 4.69) is 0 Å². The van der Waals surface area contributed by atoms with Crippen LogP contribution >= 0.6 is 0 Å². The molecular weight excluding hydrogens is 279 g/mol. The van der Waals surface area contributed by atoms with Crippen molar-refractivity contribution in [2.75, 3.05) is 0 Å². The Morgan fingerprint density at radius 3 is 2.18 bits per heavy atom. The van der Waals surface area contributed by atoms with E-state index in [1.54, 1.807) is 0 Å². The van der Waals surface area contributed by atoms with Gasteiger partial charge in [-0.15, -0.1) is 0 Å². The van der Waals surface area contributed by atoms with Gasteiger partial charge in [-0.25, -0.2) is 0 Å². The standard InChI is InChI=1S/C17H23BO4/c1-16(2)17(3,4)22-18(21-16)14-9-5-12(6-10-14)11-20-15(19)13-7-8-13/h5-6,9-10,13H,7-8,11H2,1-4H3. The maximum atomic E-state index is 11.5. The highest BCUT2D eigenvalue weighted by atomic mass is 16.7. The normalized spacial score (nSPS) is 22.6. The molecular formula is C17H23BO4. The summed E-state index contributed by atoms with van der Waals surface area (Å²) in [5.74, 6) is 0.0686. The summed E-state index contributed by atoms with van der Waals surface area (Å²) in [6.07, 6.45) is 1.94. The summed E-state index contributed by atoms with van der Waals surface area (Å²) in [4.78, 5) is 11.5. The van der Waals surface area contributed by atoms with E-state index < -0.39 is 0 Å². The number of hydrogen-bond donors (Lipinski definition) is 0. The van der Waals surface area contributed by atoms with Gasteiger partial charge in [0, 0.05) is 0 Å². The molecule has 5 heteroatoms. The Labute approximate surface area is 132 Å². The van der Waals surface area contributed by atoms with Crippen molar-refractivity contribution in [3.63, 3.8) is 0 Å². The Bertz CT molecular complexity index is 545. The number of benzene rings is 1. The molecule has 0 radical (unpaired) electrons. The molecule has 0 atom stereocenters. The van der Waals surface area contributed by atoms with E-state index in [9.17, 15) is 4.79 Å². The van der Waals surface area contributed by atoms with Crippen molar-refractivity contribution >= 4 is 18.6 Å². The van der Waals surface area contributed by atoms with Crippen molar-refractivity contribution in [1.29, 1.82) is 0 Å². The maximum Gasteiger partial charge on any atom is 0.494 e.